The molecule has 2 aromatic carbocycles. The molecule has 0 spiro atoms. The predicted molar refractivity (Wildman–Crippen MR) is 99.0 cm³/mol. The van der Waals surface area contributed by atoms with Gasteiger partial charge in [-0.2, -0.15) is 0 Å². The SMILES string of the molecule is CCc1cccc2c1OC1(O)c3ccccc3C(=O)C21NC(=O)c1ccco1. The number of hydrogen-bond donors (Lipinski definition) is 2. The molecule has 0 radical (unpaired) electrons. The molecule has 0 fully saturated rings. The third kappa shape index (κ3) is 1.85. The molecule has 0 saturated carbocycles. The van der Waals surface area contributed by atoms with Crippen LogP contribution in [0, 0.1) is 0 Å². The van der Waals surface area contributed by atoms with Crippen LogP contribution in [-0.2, 0) is 17.7 Å². The van der Waals surface area contributed by atoms with Crippen molar-refractivity contribution in [1.29, 1.82) is 0 Å². The summed E-state index contributed by atoms with van der Waals surface area (Å²) in [6, 6.07) is 15.2. The molecule has 2 aliphatic rings. The minimum Gasteiger partial charge on any atom is -0.459 e. The molecule has 3 aromatic rings. The van der Waals surface area contributed by atoms with E-state index in [1.165, 1.54) is 12.3 Å². The zero-order chi connectivity index (χ0) is 19.5. The van der Waals surface area contributed by atoms with Gasteiger partial charge >= 0.3 is 0 Å². The van der Waals surface area contributed by atoms with E-state index in [-0.39, 0.29) is 5.76 Å². The summed E-state index contributed by atoms with van der Waals surface area (Å²) in [7, 11) is 0. The number of aryl methyl sites for hydroxylation is 1. The number of nitrogens with one attached hydrogen (secondary N) is 1. The molecule has 2 heterocycles. The number of ketones is 1. The second kappa shape index (κ2) is 5.56. The average Bonchev–Trinajstić information content (AvgIpc) is 3.37. The van der Waals surface area contributed by atoms with E-state index in [2.05, 4.69) is 5.32 Å². The van der Waals surface area contributed by atoms with Crippen molar-refractivity contribution in [3.8, 4) is 5.75 Å². The standard InChI is InChI=1S/C22H17NO5/c1-2-13-7-5-10-16-18(13)28-22(26)15-9-4-3-8-14(15)19(24)21(16,22)23-20(25)17-11-6-12-27-17/h3-12,26H,2H2,1H3,(H,23,25). The van der Waals surface area contributed by atoms with E-state index in [1.54, 1.807) is 42.5 Å². The van der Waals surface area contributed by atoms with Crippen molar-refractivity contribution in [3.05, 3.63) is 88.9 Å². The normalized spacial score (nSPS) is 24.3. The first-order valence-corrected chi connectivity index (χ1v) is 9.07. The Balaban J connectivity index is 1.77. The number of aliphatic hydroxyl groups is 1. The highest BCUT2D eigenvalue weighted by molar-refractivity contribution is 6.13. The fourth-order valence-electron chi connectivity index (χ4n) is 4.25. The van der Waals surface area contributed by atoms with Crippen molar-refractivity contribution in [1.82, 2.24) is 5.32 Å². The van der Waals surface area contributed by atoms with Gasteiger partial charge in [0.05, 0.1) is 6.26 Å². The maximum atomic E-state index is 13.6. The van der Waals surface area contributed by atoms with Gasteiger partial charge in [0.15, 0.2) is 5.76 Å². The number of rotatable bonds is 3. The van der Waals surface area contributed by atoms with Crippen molar-refractivity contribution in [2.24, 2.45) is 0 Å². The first-order valence-electron chi connectivity index (χ1n) is 9.07. The number of Topliss-reactive ketones (excluding diaryl/α,β-unsaturated/α-hetero) is 1. The second-order valence-electron chi connectivity index (χ2n) is 6.95. The van der Waals surface area contributed by atoms with E-state index in [0.717, 1.165) is 5.56 Å². The summed E-state index contributed by atoms with van der Waals surface area (Å²) in [6.07, 6.45) is 2.02. The van der Waals surface area contributed by atoms with Crippen molar-refractivity contribution < 1.29 is 23.8 Å². The highest BCUT2D eigenvalue weighted by Crippen LogP contribution is 2.58. The topological polar surface area (TPSA) is 88.8 Å². The van der Waals surface area contributed by atoms with Crippen molar-refractivity contribution in [3.63, 3.8) is 0 Å². The molecule has 1 amide bonds. The van der Waals surface area contributed by atoms with Gasteiger partial charge in [0.1, 0.15) is 5.75 Å². The van der Waals surface area contributed by atoms with Crippen LogP contribution < -0.4 is 10.1 Å². The fourth-order valence-corrected chi connectivity index (χ4v) is 4.25. The largest absolute Gasteiger partial charge is 0.459 e. The average molecular weight is 375 g/mol. The molecule has 1 aliphatic carbocycles. The molecule has 1 aromatic heterocycles. The molecule has 28 heavy (non-hydrogen) atoms. The number of carbonyl (C=O) groups excluding carboxylic acids is 2. The van der Waals surface area contributed by atoms with E-state index >= 15 is 0 Å². The Bertz CT molecular complexity index is 1120. The summed E-state index contributed by atoms with van der Waals surface area (Å²) in [5.74, 6) is -2.60. The van der Waals surface area contributed by atoms with E-state index in [1.807, 2.05) is 13.0 Å². The molecule has 6 nitrogen and oxygen atoms in total. The van der Waals surface area contributed by atoms with E-state index in [9.17, 15) is 14.7 Å². The van der Waals surface area contributed by atoms with E-state index in [0.29, 0.717) is 28.9 Å². The van der Waals surface area contributed by atoms with Gasteiger partial charge in [-0.15, -0.1) is 0 Å². The lowest BCUT2D eigenvalue weighted by Crippen LogP contribution is -2.60. The van der Waals surface area contributed by atoms with Crippen LogP contribution in [0.25, 0.3) is 0 Å². The maximum Gasteiger partial charge on any atom is 0.288 e. The van der Waals surface area contributed by atoms with E-state index in [4.69, 9.17) is 9.15 Å². The number of hydrogen-bond acceptors (Lipinski definition) is 5. The van der Waals surface area contributed by atoms with Gasteiger partial charge in [-0.05, 0) is 24.1 Å². The number of carbonyl (C=O) groups is 2. The summed E-state index contributed by atoms with van der Waals surface area (Å²) < 4.78 is 11.2. The molecule has 2 atom stereocenters. The van der Waals surface area contributed by atoms with Gasteiger partial charge < -0.3 is 19.6 Å². The van der Waals surface area contributed by atoms with E-state index < -0.39 is 23.0 Å². The molecule has 6 heteroatoms. The van der Waals surface area contributed by atoms with Gasteiger partial charge in [0.25, 0.3) is 11.7 Å². The molecular weight excluding hydrogens is 358 g/mol. The van der Waals surface area contributed by atoms with Crippen LogP contribution >= 0.6 is 0 Å². The quantitative estimate of drug-likeness (QED) is 0.735. The lowest BCUT2D eigenvalue weighted by molar-refractivity contribution is -0.169. The number of para-hydroxylation sites is 1. The minimum atomic E-state index is -2.05. The van der Waals surface area contributed by atoms with Gasteiger partial charge in [-0.25, -0.2) is 0 Å². The van der Waals surface area contributed by atoms with Crippen LogP contribution in [0.4, 0.5) is 0 Å². The zero-order valence-electron chi connectivity index (χ0n) is 15.1. The Kier molecular flexibility index (Phi) is 3.33. The van der Waals surface area contributed by atoms with Crippen LogP contribution in [0.5, 0.6) is 5.75 Å². The maximum absolute atomic E-state index is 13.6. The number of fused-ring (bicyclic) bond motifs is 5. The number of ether oxygens (including phenoxy) is 1. The van der Waals surface area contributed by atoms with Crippen LogP contribution in [0.3, 0.4) is 0 Å². The van der Waals surface area contributed by atoms with Crippen molar-refractivity contribution >= 4 is 11.7 Å². The number of benzene rings is 2. The third-order valence-electron chi connectivity index (χ3n) is 5.56. The Morgan fingerprint density at radius 1 is 1.07 bits per heavy atom. The van der Waals surface area contributed by atoms with Crippen molar-refractivity contribution in [2.75, 3.05) is 0 Å². The summed E-state index contributed by atoms with van der Waals surface area (Å²) in [5.41, 5.74) is 0.143. The highest BCUT2D eigenvalue weighted by atomic mass is 16.6. The predicted octanol–water partition coefficient (Wildman–Crippen LogP) is 2.90. The third-order valence-corrected chi connectivity index (χ3v) is 5.56. The lowest BCUT2D eigenvalue weighted by atomic mass is 9.82. The first-order chi connectivity index (χ1) is 13.5. The monoisotopic (exact) mass is 375 g/mol. The van der Waals surface area contributed by atoms with Gasteiger partial charge in [0.2, 0.25) is 11.3 Å². The molecule has 140 valence electrons. The van der Waals surface area contributed by atoms with Crippen molar-refractivity contribution in [2.45, 2.75) is 24.7 Å². The van der Waals surface area contributed by atoms with Crippen LogP contribution in [0.15, 0.2) is 65.3 Å². The Morgan fingerprint density at radius 3 is 2.61 bits per heavy atom. The zero-order valence-corrected chi connectivity index (χ0v) is 15.1. The second-order valence-corrected chi connectivity index (χ2v) is 6.95. The smallest absolute Gasteiger partial charge is 0.288 e. The molecule has 2 unspecified atom stereocenters. The molecule has 0 bridgehead atoms. The van der Waals surface area contributed by atoms with Crippen LogP contribution in [-0.4, -0.2) is 16.8 Å². The molecular formula is C22H17NO5. The van der Waals surface area contributed by atoms with Crippen LogP contribution in [0.1, 0.15) is 44.5 Å². The fraction of sp³-hybridized carbons (Fsp3) is 0.182. The molecule has 1 aliphatic heterocycles. The first kappa shape index (κ1) is 16.8. The van der Waals surface area contributed by atoms with Crippen LogP contribution in [0.2, 0.25) is 0 Å². The summed E-state index contributed by atoms with van der Waals surface area (Å²) >= 11 is 0. The lowest BCUT2D eigenvalue weighted by Gasteiger charge is -2.34. The van der Waals surface area contributed by atoms with Gasteiger partial charge in [-0.3, -0.25) is 9.59 Å². The summed E-state index contributed by atoms with van der Waals surface area (Å²) in [4.78, 5) is 26.5. The number of amides is 1. The Hall–Kier alpha value is -3.38. The minimum absolute atomic E-state index is 0.0422. The van der Waals surface area contributed by atoms with Gasteiger partial charge in [-0.1, -0.05) is 49.4 Å². The Morgan fingerprint density at radius 2 is 1.86 bits per heavy atom. The summed E-state index contributed by atoms with van der Waals surface area (Å²) in [6.45, 7) is 1.96. The molecule has 2 N–H and O–H groups in total. The number of furan rings is 1. The highest BCUT2D eigenvalue weighted by Gasteiger charge is 2.71. The Labute approximate surface area is 160 Å². The molecule has 5 rings (SSSR count). The summed E-state index contributed by atoms with van der Waals surface area (Å²) in [5, 5.41) is 14.4. The molecule has 0 saturated heterocycles. The van der Waals surface area contributed by atoms with Gasteiger partial charge in [0, 0.05) is 16.7 Å².